The van der Waals surface area contributed by atoms with Crippen LogP contribution in [-0.4, -0.2) is 9.55 Å². The molecule has 2 aromatic rings. The van der Waals surface area contributed by atoms with E-state index < -0.39 is 0 Å². The third-order valence-corrected chi connectivity index (χ3v) is 3.81. The van der Waals surface area contributed by atoms with Gasteiger partial charge >= 0.3 is 0 Å². The lowest BCUT2D eigenvalue weighted by Gasteiger charge is -2.15. The van der Waals surface area contributed by atoms with Crippen molar-refractivity contribution in [3.05, 3.63) is 46.0 Å². The fourth-order valence-corrected chi connectivity index (χ4v) is 3.07. The number of hydrogen-bond donors (Lipinski definition) is 1. The van der Waals surface area contributed by atoms with Gasteiger partial charge in [-0.2, -0.15) is 0 Å². The molecule has 2 rings (SSSR count). The largest absolute Gasteiger partial charge is 0.378 e. The molecule has 1 heterocycles. The van der Waals surface area contributed by atoms with Gasteiger partial charge in [-0.15, -0.1) is 0 Å². The van der Waals surface area contributed by atoms with Crippen molar-refractivity contribution in [2.24, 2.45) is 0 Å². The van der Waals surface area contributed by atoms with Gasteiger partial charge in [-0.1, -0.05) is 6.07 Å². The summed E-state index contributed by atoms with van der Waals surface area (Å²) >= 11 is 3.62. The van der Waals surface area contributed by atoms with Crippen LogP contribution in [-0.2, 0) is 6.54 Å². The summed E-state index contributed by atoms with van der Waals surface area (Å²) in [5.41, 5.74) is 4.87. The highest BCUT2D eigenvalue weighted by molar-refractivity contribution is 9.10. The van der Waals surface area contributed by atoms with E-state index in [0.29, 0.717) is 6.04 Å². The van der Waals surface area contributed by atoms with Crippen molar-refractivity contribution >= 4 is 21.6 Å². The molecule has 0 aliphatic heterocycles. The SMILES string of the molecule is Cc1cc(C)c(NCc2cncn2C(C)C)c(Br)c1. The number of nitrogens with one attached hydrogen (secondary N) is 1. The van der Waals surface area contributed by atoms with E-state index in [4.69, 9.17) is 0 Å². The summed E-state index contributed by atoms with van der Waals surface area (Å²) < 4.78 is 3.30. The van der Waals surface area contributed by atoms with Crippen molar-refractivity contribution in [1.82, 2.24) is 9.55 Å². The molecule has 1 N–H and O–H groups in total. The highest BCUT2D eigenvalue weighted by Crippen LogP contribution is 2.28. The summed E-state index contributed by atoms with van der Waals surface area (Å²) in [6.07, 6.45) is 3.81. The first kappa shape index (κ1) is 14.1. The lowest BCUT2D eigenvalue weighted by atomic mass is 10.1. The number of benzene rings is 1. The van der Waals surface area contributed by atoms with Gasteiger partial charge in [0, 0.05) is 16.7 Å². The predicted octanol–water partition coefficient (Wildman–Crippen LogP) is 4.46. The third kappa shape index (κ3) is 3.18. The van der Waals surface area contributed by atoms with Crippen molar-refractivity contribution in [2.45, 2.75) is 40.3 Å². The van der Waals surface area contributed by atoms with E-state index in [2.05, 4.69) is 70.6 Å². The van der Waals surface area contributed by atoms with Gasteiger partial charge in [-0.05, 0) is 60.8 Å². The van der Waals surface area contributed by atoms with Crippen molar-refractivity contribution in [2.75, 3.05) is 5.32 Å². The van der Waals surface area contributed by atoms with Crippen molar-refractivity contribution in [3.63, 3.8) is 0 Å². The van der Waals surface area contributed by atoms with Crippen LogP contribution >= 0.6 is 15.9 Å². The van der Waals surface area contributed by atoms with Gasteiger partial charge < -0.3 is 9.88 Å². The number of aryl methyl sites for hydroxylation is 2. The molecule has 102 valence electrons. The summed E-state index contributed by atoms with van der Waals surface area (Å²) in [5, 5.41) is 3.50. The van der Waals surface area contributed by atoms with Crippen LogP contribution in [0.5, 0.6) is 0 Å². The monoisotopic (exact) mass is 321 g/mol. The molecule has 1 aromatic heterocycles. The van der Waals surface area contributed by atoms with Crippen molar-refractivity contribution in [1.29, 1.82) is 0 Å². The lowest BCUT2D eigenvalue weighted by Crippen LogP contribution is -2.09. The molecule has 4 heteroatoms. The fraction of sp³-hybridized carbons (Fsp3) is 0.400. The first-order valence-electron chi connectivity index (χ1n) is 6.50. The number of anilines is 1. The molecule has 0 amide bonds. The first-order chi connectivity index (χ1) is 8.99. The maximum Gasteiger partial charge on any atom is 0.0951 e. The van der Waals surface area contributed by atoms with Crippen LogP contribution in [0.1, 0.15) is 36.7 Å². The summed E-state index contributed by atoms with van der Waals surface area (Å²) in [5.74, 6) is 0. The van der Waals surface area contributed by atoms with E-state index in [-0.39, 0.29) is 0 Å². The Bertz CT molecular complexity index is 550. The highest BCUT2D eigenvalue weighted by atomic mass is 79.9. The van der Waals surface area contributed by atoms with Crippen LogP contribution in [0.15, 0.2) is 29.1 Å². The smallest absolute Gasteiger partial charge is 0.0951 e. The normalized spacial score (nSPS) is 11.1. The number of halogens is 1. The molecule has 1 aromatic carbocycles. The van der Waals surface area contributed by atoms with E-state index >= 15 is 0 Å². The Morgan fingerprint density at radius 3 is 2.68 bits per heavy atom. The zero-order valence-electron chi connectivity index (χ0n) is 11.9. The number of nitrogens with zero attached hydrogens (tertiary/aromatic N) is 2. The zero-order valence-corrected chi connectivity index (χ0v) is 13.5. The van der Waals surface area contributed by atoms with Crippen LogP contribution in [0.2, 0.25) is 0 Å². The minimum Gasteiger partial charge on any atom is -0.378 e. The van der Waals surface area contributed by atoms with Gasteiger partial charge in [-0.3, -0.25) is 0 Å². The second-order valence-electron chi connectivity index (χ2n) is 5.18. The van der Waals surface area contributed by atoms with Gasteiger partial charge in [0.05, 0.1) is 24.3 Å². The third-order valence-electron chi connectivity index (χ3n) is 3.18. The summed E-state index contributed by atoms with van der Waals surface area (Å²) in [4.78, 5) is 4.23. The second-order valence-corrected chi connectivity index (χ2v) is 6.03. The standard InChI is InChI=1S/C15H20BrN3/c1-10(2)19-9-17-7-13(19)8-18-15-12(4)5-11(3)6-14(15)16/h5-7,9-10,18H,8H2,1-4H3. The average molecular weight is 322 g/mol. The Morgan fingerprint density at radius 2 is 2.05 bits per heavy atom. The zero-order chi connectivity index (χ0) is 14.0. The molecule has 0 spiro atoms. The first-order valence-corrected chi connectivity index (χ1v) is 7.29. The summed E-state index contributed by atoms with van der Waals surface area (Å²) in [7, 11) is 0. The molecule has 0 bridgehead atoms. The second kappa shape index (κ2) is 5.78. The van der Waals surface area contributed by atoms with E-state index in [9.17, 15) is 0 Å². The van der Waals surface area contributed by atoms with E-state index in [1.54, 1.807) is 0 Å². The number of hydrogen-bond acceptors (Lipinski definition) is 2. The molecule has 0 atom stereocenters. The summed E-state index contributed by atoms with van der Waals surface area (Å²) in [6, 6.07) is 4.75. The fourth-order valence-electron chi connectivity index (χ4n) is 2.25. The number of imidazole rings is 1. The topological polar surface area (TPSA) is 29.9 Å². The minimum atomic E-state index is 0.432. The Morgan fingerprint density at radius 1 is 1.32 bits per heavy atom. The minimum absolute atomic E-state index is 0.432. The quantitative estimate of drug-likeness (QED) is 0.901. The van der Waals surface area contributed by atoms with Gasteiger partial charge in [0.25, 0.3) is 0 Å². The van der Waals surface area contributed by atoms with Crippen LogP contribution < -0.4 is 5.32 Å². The Labute approximate surface area is 123 Å². The molecule has 3 nitrogen and oxygen atoms in total. The molecular weight excluding hydrogens is 302 g/mol. The molecule has 0 saturated heterocycles. The Balaban J connectivity index is 2.17. The van der Waals surface area contributed by atoms with E-state index in [1.165, 1.54) is 16.8 Å². The van der Waals surface area contributed by atoms with Crippen molar-refractivity contribution in [3.8, 4) is 0 Å². The maximum atomic E-state index is 4.23. The van der Waals surface area contributed by atoms with Gasteiger partial charge in [0.2, 0.25) is 0 Å². The molecule has 19 heavy (non-hydrogen) atoms. The maximum absolute atomic E-state index is 4.23. The van der Waals surface area contributed by atoms with Crippen LogP contribution in [0, 0.1) is 13.8 Å². The van der Waals surface area contributed by atoms with Crippen LogP contribution in [0.25, 0.3) is 0 Å². The molecule has 0 fully saturated rings. The molecule has 0 saturated carbocycles. The molecule has 0 aliphatic rings. The Kier molecular flexibility index (Phi) is 4.30. The van der Waals surface area contributed by atoms with Crippen LogP contribution in [0.4, 0.5) is 5.69 Å². The Hall–Kier alpha value is -1.29. The molecular formula is C15H20BrN3. The molecule has 0 aliphatic carbocycles. The van der Waals surface area contributed by atoms with Crippen LogP contribution in [0.3, 0.4) is 0 Å². The van der Waals surface area contributed by atoms with Gasteiger partial charge in [-0.25, -0.2) is 4.98 Å². The lowest BCUT2D eigenvalue weighted by molar-refractivity contribution is 0.577. The van der Waals surface area contributed by atoms with E-state index in [0.717, 1.165) is 16.7 Å². The number of aromatic nitrogens is 2. The van der Waals surface area contributed by atoms with Gasteiger partial charge in [0.1, 0.15) is 0 Å². The molecule has 0 radical (unpaired) electrons. The molecule has 0 unspecified atom stereocenters. The van der Waals surface area contributed by atoms with Gasteiger partial charge in [0.15, 0.2) is 0 Å². The van der Waals surface area contributed by atoms with Crippen molar-refractivity contribution < 1.29 is 0 Å². The van der Waals surface area contributed by atoms with E-state index in [1.807, 2.05) is 12.5 Å². The average Bonchev–Trinajstić information content (AvgIpc) is 2.75. The number of rotatable bonds is 4. The summed E-state index contributed by atoms with van der Waals surface area (Å²) in [6.45, 7) is 9.34. The highest BCUT2D eigenvalue weighted by Gasteiger charge is 2.08. The predicted molar refractivity (Wildman–Crippen MR) is 83.6 cm³/mol.